The molecular formula is C13H18N4O4S. The summed E-state index contributed by atoms with van der Waals surface area (Å²) in [6, 6.07) is 5.45. The Morgan fingerprint density at radius 1 is 1.45 bits per heavy atom. The molecule has 0 spiro atoms. The number of hydrogen-bond acceptors (Lipinski definition) is 5. The van der Waals surface area contributed by atoms with Crippen molar-refractivity contribution in [2.45, 2.75) is 19.4 Å². The third kappa shape index (κ3) is 4.71. The molecule has 1 aromatic carbocycles. The fraction of sp³-hybridized carbons (Fsp3) is 0.385. The van der Waals surface area contributed by atoms with Gasteiger partial charge in [-0.05, 0) is 18.6 Å². The molecule has 0 saturated carbocycles. The molecule has 0 aliphatic heterocycles. The molecule has 1 amide bonds. The monoisotopic (exact) mass is 326 g/mol. The van der Waals surface area contributed by atoms with Crippen LogP contribution in [0.2, 0.25) is 0 Å². The summed E-state index contributed by atoms with van der Waals surface area (Å²) in [5.74, 6) is 0.879. The number of carbonyl (C=O) groups is 1. The molecule has 1 heterocycles. The number of hydrogen-bond donors (Lipinski definition) is 3. The molecule has 0 fully saturated rings. The third-order valence-corrected chi connectivity index (χ3v) is 3.88. The summed E-state index contributed by atoms with van der Waals surface area (Å²) in [6.45, 7) is 0.241. The van der Waals surface area contributed by atoms with Gasteiger partial charge in [-0.3, -0.25) is 4.79 Å². The lowest BCUT2D eigenvalue weighted by atomic mass is 10.3. The number of fused-ring (bicyclic) bond motifs is 1. The van der Waals surface area contributed by atoms with Crippen LogP contribution < -0.4 is 15.2 Å². The Labute approximate surface area is 128 Å². The van der Waals surface area contributed by atoms with E-state index in [-0.39, 0.29) is 31.0 Å². The van der Waals surface area contributed by atoms with Gasteiger partial charge in [0.15, 0.2) is 0 Å². The number of nitrogens with zero attached hydrogens (tertiary/aromatic N) is 1. The first kappa shape index (κ1) is 16.2. The molecule has 9 heteroatoms. The van der Waals surface area contributed by atoms with Gasteiger partial charge in [0.1, 0.15) is 11.6 Å². The molecular weight excluding hydrogens is 308 g/mol. The summed E-state index contributed by atoms with van der Waals surface area (Å²) in [5, 5.41) is 7.54. The molecule has 0 atom stereocenters. The topological polar surface area (TPSA) is 127 Å². The fourth-order valence-electron chi connectivity index (χ4n) is 1.96. The predicted molar refractivity (Wildman–Crippen MR) is 81.7 cm³/mol. The number of imidazole rings is 1. The number of sulfonamides is 1. The van der Waals surface area contributed by atoms with E-state index < -0.39 is 10.0 Å². The second kappa shape index (κ2) is 6.75. The number of aromatic nitrogens is 2. The van der Waals surface area contributed by atoms with Crippen LogP contribution in [0.1, 0.15) is 18.7 Å². The first-order chi connectivity index (χ1) is 10.4. The number of rotatable bonds is 7. The van der Waals surface area contributed by atoms with Gasteiger partial charge in [-0.25, -0.2) is 18.5 Å². The highest BCUT2D eigenvalue weighted by Gasteiger charge is 2.08. The number of H-pyrrole nitrogens is 1. The van der Waals surface area contributed by atoms with E-state index in [0.717, 1.165) is 16.8 Å². The normalized spacial score (nSPS) is 11.5. The number of primary sulfonamides is 1. The van der Waals surface area contributed by atoms with E-state index in [1.807, 2.05) is 12.1 Å². The summed E-state index contributed by atoms with van der Waals surface area (Å²) in [4.78, 5) is 19.0. The second-order valence-electron chi connectivity index (χ2n) is 4.81. The van der Waals surface area contributed by atoms with Crippen molar-refractivity contribution in [1.82, 2.24) is 15.3 Å². The molecule has 22 heavy (non-hydrogen) atoms. The van der Waals surface area contributed by atoms with Gasteiger partial charge in [-0.1, -0.05) is 0 Å². The molecule has 0 aliphatic rings. The maximum absolute atomic E-state index is 11.6. The minimum Gasteiger partial charge on any atom is -0.497 e. The minimum absolute atomic E-state index is 0.102. The quantitative estimate of drug-likeness (QED) is 0.672. The molecule has 1 aromatic heterocycles. The van der Waals surface area contributed by atoms with Crippen LogP contribution in [-0.2, 0) is 21.4 Å². The van der Waals surface area contributed by atoms with Gasteiger partial charge in [-0.2, -0.15) is 0 Å². The van der Waals surface area contributed by atoms with E-state index in [9.17, 15) is 13.2 Å². The number of ether oxygens (including phenoxy) is 1. The van der Waals surface area contributed by atoms with E-state index in [2.05, 4.69) is 15.3 Å². The lowest BCUT2D eigenvalue weighted by Gasteiger charge is -2.02. The van der Waals surface area contributed by atoms with E-state index in [0.29, 0.717) is 5.82 Å². The van der Waals surface area contributed by atoms with Gasteiger partial charge in [-0.15, -0.1) is 0 Å². The number of aromatic amines is 1. The highest BCUT2D eigenvalue weighted by molar-refractivity contribution is 7.89. The van der Waals surface area contributed by atoms with Crippen LogP contribution in [0.15, 0.2) is 18.2 Å². The highest BCUT2D eigenvalue weighted by Crippen LogP contribution is 2.18. The number of benzene rings is 1. The first-order valence-electron chi connectivity index (χ1n) is 6.67. The lowest BCUT2D eigenvalue weighted by Crippen LogP contribution is -2.24. The maximum Gasteiger partial charge on any atom is 0.220 e. The van der Waals surface area contributed by atoms with Crippen molar-refractivity contribution >= 4 is 27.0 Å². The Morgan fingerprint density at radius 2 is 2.23 bits per heavy atom. The SMILES string of the molecule is COc1ccc2nc(CNC(=O)CCCS(N)(=O)=O)[nH]c2c1. The summed E-state index contributed by atoms with van der Waals surface area (Å²) in [6.07, 6.45) is 0.298. The molecule has 8 nitrogen and oxygen atoms in total. The number of amides is 1. The molecule has 0 aliphatic carbocycles. The zero-order valence-corrected chi connectivity index (χ0v) is 12.9. The molecule has 2 aromatic rings. The van der Waals surface area contributed by atoms with Crippen LogP contribution in [0, 0.1) is 0 Å². The van der Waals surface area contributed by atoms with Crippen LogP contribution in [0.4, 0.5) is 0 Å². The average Bonchev–Trinajstić information content (AvgIpc) is 2.85. The van der Waals surface area contributed by atoms with Crippen molar-refractivity contribution in [3.8, 4) is 5.75 Å². The van der Waals surface area contributed by atoms with Gasteiger partial charge >= 0.3 is 0 Å². The first-order valence-corrected chi connectivity index (χ1v) is 8.39. The Bertz CT molecular complexity index is 769. The lowest BCUT2D eigenvalue weighted by molar-refractivity contribution is -0.121. The summed E-state index contributed by atoms with van der Waals surface area (Å²) < 4.78 is 26.7. The van der Waals surface area contributed by atoms with E-state index in [1.54, 1.807) is 13.2 Å². The summed E-state index contributed by atoms with van der Waals surface area (Å²) in [5.41, 5.74) is 1.59. The molecule has 120 valence electrons. The third-order valence-electron chi connectivity index (χ3n) is 3.02. The second-order valence-corrected chi connectivity index (χ2v) is 6.55. The molecule has 0 saturated heterocycles. The summed E-state index contributed by atoms with van der Waals surface area (Å²) >= 11 is 0. The van der Waals surface area contributed by atoms with Crippen LogP contribution >= 0.6 is 0 Å². The van der Waals surface area contributed by atoms with Crippen LogP contribution in [0.25, 0.3) is 11.0 Å². The Hall–Kier alpha value is -2.13. The zero-order valence-electron chi connectivity index (χ0n) is 12.1. The Balaban J connectivity index is 1.87. The highest BCUT2D eigenvalue weighted by atomic mass is 32.2. The zero-order chi connectivity index (χ0) is 16.2. The largest absolute Gasteiger partial charge is 0.497 e. The van der Waals surface area contributed by atoms with Gasteiger partial charge in [0.2, 0.25) is 15.9 Å². The van der Waals surface area contributed by atoms with E-state index in [4.69, 9.17) is 9.88 Å². The van der Waals surface area contributed by atoms with Gasteiger partial charge in [0.25, 0.3) is 0 Å². The van der Waals surface area contributed by atoms with Crippen molar-refractivity contribution < 1.29 is 17.9 Å². The molecule has 0 bridgehead atoms. The van der Waals surface area contributed by atoms with Crippen molar-refractivity contribution in [3.05, 3.63) is 24.0 Å². The van der Waals surface area contributed by atoms with Crippen molar-refractivity contribution in [2.75, 3.05) is 12.9 Å². The van der Waals surface area contributed by atoms with E-state index >= 15 is 0 Å². The van der Waals surface area contributed by atoms with Crippen molar-refractivity contribution in [1.29, 1.82) is 0 Å². The van der Waals surface area contributed by atoms with Crippen molar-refractivity contribution in [2.24, 2.45) is 5.14 Å². The van der Waals surface area contributed by atoms with Crippen LogP contribution in [-0.4, -0.2) is 37.2 Å². The number of nitrogens with two attached hydrogens (primary N) is 1. The summed E-state index contributed by atoms with van der Waals surface area (Å²) in [7, 11) is -1.94. The number of methoxy groups -OCH3 is 1. The molecule has 4 N–H and O–H groups in total. The average molecular weight is 326 g/mol. The minimum atomic E-state index is -3.52. The number of nitrogens with one attached hydrogen (secondary N) is 2. The van der Waals surface area contributed by atoms with E-state index in [1.165, 1.54) is 0 Å². The van der Waals surface area contributed by atoms with Crippen LogP contribution in [0.5, 0.6) is 5.75 Å². The van der Waals surface area contributed by atoms with Gasteiger partial charge in [0.05, 0.1) is 30.4 Å². The van der Waals surface area contributed by atoms with Crippen LogP contribution in [0.3, 0.4) is 0 Å². The van der Waals surface area contributed by atoms with Crippen molar-refractivity contribution in [3.63, 3.8) is 0 Å². The predicted octanol–water partition coefficient (Wildman–Crippen LogP) is 0.256. The maximum atomic E-state index is 11.6. The molecule has 0 unspecified atom stereocenters. The standard InChI is InChI=1S/C13H18N4O4S/c1-21-9-4-5-10-11(7-9)17-12(16-10)8-15-13(18)3-2-6-22(14,19)20/h4-5,7H,2-3,6,8H2,1H3,(H,15,18)(H,16,17)(H2,14,19,20). The Kier molecular flexibility index (Phi) is 4.99. The Morgan fingerprint density at radius 3 is 2.91 bits per heavy atom. The number of carbonyl (C=O) groups excluding carboxylic acids is 1. The van der Waals surface area contributed by atoms with Gasteiger partial charge in [0, 0.05) is 12.5 Å². The smallest absolute Gasteiger partial charge is 0.220 e. The molecule has 0 radical (unpaired) electrons. The molecule has 2 rings (SSSR count). The van der Waals surface area contributed by atoms with Gasteiger partial charge < -0.3 is 15.0 Å². The fourth-order valence-corrected chi connectivity index (χ4v) is 2.50.